The molecule has 1 fully saturated rings. The molecule has 0 amide bonds. The molecule has 0 aliphatic heterocycles. The second kappa shape index (κ2) is 5.40. The van der Waals surface area contributed by atoms with Crippen LogP contribution in [-0.2, 0) is 6.42 Å². The molecule has 18 heavy (non-hydrogen) atoms. The average Bonchev–Trinajstić information content (AvgIpc) is 2.37. The molecule has 3 heteroatoms. The Bertz CT molecular complexity index is 470. The molecule has 0 saturated heterocycles. The number of rotatable bonds is 2. The zero-order valence-corrected chi connectivity index (χ0v) is 12.1. The standard InChI is InChI=1S/C15H17BrFN/c1-11-4-6-15(10-18,7-5-11)9-12-8-13(17)2-3-14(12)16/h2-3,8,11H,4-7,9H2,1H3. The van der Waals surface area contributed by atoms with Crippen LogP contribution in [0.15, 0.2) is 22.7 Å². The number of halogens is 2. The first-order valence-electron chi connectivity index (χ1n) is 6.40. The Balaban J connectivity index is 2.21. The molecular formula is C15H17BrFN. The largest absolute Gasteiger partial charge is 0.207 e. The van der Waals surface area contributed by atoms with Crippen molar-refractivity contribution in [2.75, 3.05) is 0 Å². The van der Waals surface area contributed by atoms with Gasteiger partial charge in [-0.2, -0.15) is 5.26 Å². The fourth-order valence-electron chi connectivity index (χ4n) is 2.69. The normalized spacial score (nSPS) is 27.8. The SMILES string of the molecule is CC1CCC(C#N)(Cc2cc(F)ccc2Br)CC1. The molecule has 0 heterocycles. The molecule has 1 nitrogen and oxygen atoms in total. The highest BCUT2D eigenvalue weighted by molar-refractivity contribution is 9.10. The third-order valence-corrected chi connectivity index (χ3v) is 4.78. The molecule has 96 valence electrons. The van der Waals surface area contributed by atoms with Crippen molar-refractivity contribution in [3.8, 4) is 6.07 Å². The number of benzene rings is 1. The fourth-order valence-corrected chi connectivity index (χ4v) is 3.07. The lowest BCUT2D eigenvalue weighted by molar-refractivity contribution is 0.218. The predicted octanol–water partition coefficient (Wildman–Crippen LogP) is 4.85. The summed E-state index contributed by atoms with van der Waals surface area (Å²) in [6.07, 6.45) is 4.69. The highest BCUT2D eigenvalue weighted by atomic mass is 79.9. The second-order valence-electron chi connectivity index (χ2n) is 5.49. The minimum absolute atomic E-state index is 0.231. The summed E-state index contributed by atoms with van der Waals surface area (Å²) >= 11 is 3.45. The van der Waals surface area contributed by atoms with E-state index in [1.165, 1.54) is 6.07 Å². The Morgan fingerprint density at radius 1 is 1.44 bits per heavy atom. The summed E-state index contributed by atoms with van der Waals surface area (Å²) in [7, 11) is 0. The summed E-state index contributed by atoms with van der Waals surface area (Å²) < 4.78 is 14.2. The number of nitrogens with zero attached hydrogens (tertiary/aromatic N) is 1. The van der Waals surface area contributed by atoms with E-state index in [-0.39, 0.29) is 11.2 Å². The lowest BCUT2D eigenvalue weighted by Crippen LogP contribution is -2.27. The fraction of sp³-hybridized carbons (Fsp3) is 0.533. The third-order valence-electron chi connectivity index (χ3n) is 4.01. The molecule has 0 N–H and O–H groups in total. The highest BCUT2D eigenvalue weighted by Crippen LogP contribution is 2.41. The molecule has 1 aliphatic rings. The van der Waals surface area contributed by atoms with Crippen molar-refractivity contribution in [2.24, 2.45) is 11.3 Å². The van der Waals surface area contributed by atoms with Crippen LogP contribution in [0, 0.1) is 28.5 Å². The van der Waals surface area contributed by atoms with Gasteiger partial charge in [0.15, 0.2) is 0 Å². The Morgan fingerprint density at radius 3 is 2.72 bits per heavy atom. The molecule has 0 atom stereocenters. The molecule has 1 aromatic carbocycles. The van der Waals surface area contributed by atoms with E-state index in [0.29, 0.717) is 12.3 Å². The maximum absolute atomic E-state index is 13.3. The molecule has 0 radical (unpaired) electrons. The van der Waals surface area contributed by atoms with Crippen molar-refractivity contribution in [3.63, 3.8) is 0 Å². The van der Waals surface area contributed by atoms with Crippen molar-refractivity contribution in [1.29, 1.82) is 5.26 Å². The van der Waals surface area contributed by atoms with Gasteiger partial charge < -0.3 is 0 Å². The molecule has 0 unspecified atom stereocenters. The molecule has 1 saturated carbocycles. The quantitative estimate of drug-likeness (QED) is 0.766. The summed E-state index contributed by atoms with van der Waals surface area (Å²) in [5.74, 6) is 0.480. The van der Waals surface area contributed by atoms with Crippen molar-refractivity contribution < 1.29 is 4.39 Å². The van der Waals surface area contributed by atoms with Gasteiger partial charge in [0, 0.05) is 4.47 Å². The van der Waals surface area contributed by atoms with Crippen molar-refractivity contribution in [1.82, 2.24) is 0 Å². The van der Waals surface area contributed by atoms with Crippen LogP contribution < -0.4 is 0 Å². The average molecular weight is 310 g/mol. The van der Waals surface area contributed by atoms with Crippen molar-refractivity contribution in [3.05, 3.63) is 34.1 Å². The van der Waals surface area contributed by atoms with Gasteiger partial charge in [0.2, 0.25) is 0 Å². The summed E-state index contributed by atoms with van der Waals surface area (Å²) in [6.45, 7) is 2.24. The summed E-state index contributed by atoms with van der Waals surface area (Å²) in [5, 5.41) is 9.49. The zero-order valence-electron chi connectivity index (χ0n) is 10.5. The lowest BCUT2D eigenvalue weighted by atomic mass is 9.69. The smallest absolute Gasteiger partial charge is 0.123 e. The van der Waals surface area contributed by atoms with Gasteiger partial charge in [0.25, 0.3) is 0 Å². The number of nitriles is 1. The van der Waals surface area contributed by atoms with Crippen molar-refractivity contribution >= 4 is 15.9 Å². The van der Waals surface area contributed by atoms with Gasteiger partial charge in [-0.05, 0) is 61.8 Å². The monoisotopic (exact) mass is 309 g/mol. The van der Waals surface area contributed by atoms with Gasteiger partial charge in [0.05, 0.1) is 11.5 Å². The van der Waals surface area contributed by atoms with Crippen LogP contribution in [0.2, 0.25) is 0 Å². The number of hydrogen-bond acceptors (Lipinski definition) is 1. The van der Waals surface area contributed by atoms with E-state index in [9.17, 15) is 9.65 Å². The van der Waals surface area contributed by atoms with Crippen LogP contribution in [0.5, 0.6) is 0 Å². The van der Waals surface area contributed by atoms with Crippen LogP contribution >= 0.6 is 15.9 Å². The van der Waals surface area contributed by atoms with E-state index < -0.39 is 0 Å². The molecular weight excluding hydrogens is 293 g/mol. The summed E-state index contributed by atoms with van der Waals surface area (Å²) in [5.41, 5.74) is 0.606. The van der Waals surface area contributed by atoms with Gasteiger partial charge >= 0.3 is 0 Å². The summed E-state index contributed by atoms with van der Waals surface area (Å²) in [6, 6.07) is 7.20. The first-order chi connectivity index (χ1) is 8.54. The molecule has 1 aliphatic carbocycles. The van der Waals surface area contributed by atoms with E-state index in [1.807, 2.05) is 0 Å². The first kappa shape index (κ1) is 13.5. The van der Waals surface area contributed by atoms with Crippen LogP contribution in [0.4, 0.5) is 4.39 Å². The van der Waals surface area contributed by atoms with E-state index in [1.54, 1.807) is 12.1 Å². The van der Waals surface area contributed by atoms with Crippen LogP contribution in [-0.4, -0.2) is 0 Å². The van der Waals surface area contributed by atoms with E-state index in [4.69, 9.17) is 0 Å². The summed E-state index contributed by atoms with van der Waals surface area (Å²) in [4.78, 5) is 0. The highest BCUT2D eigenvalue weighted by Gasteiger charge is 2.34. The topological polar surface area (TPSA) is 23.8 Å². The Labute approximate surface area is 116 Å². The lowest BCUT2D eigenvalue weighted by Gasteiger charge is -2.34. The van der Waals surface area contributed by atoms with Gasteiger partial charge in [0.1, 0.15) is 5.82 Å². The van der Waals surface area contributed by atoms with Crippen LogP contribution in [0.25, 0.3) is 0 Å². The van der Waals surface area contributed by atoms with Crippen molar-refractivity contribution in [2.45, 2.75) is 39.0 Å². The third kappa shape index (κ3) is 2.92. The van der Waals surface area contributed by atoms with Crippen LogP contribution in [0.3, 0.4) is 0 Å². The minimum atomic E-state index is -0.303. The maximum Gasteiger partial charge on any atom is 0.123 e. The van der Waals surface area contributed by atoms with Gasteiger partial charge in [-0.1, -0.05) is 22.9 Å². The van der Waals surface area contributed by atoms with Crippen LogP contribution in [0.1, 0.15) is 38.2 Å². The van der Waals surface area contributed by atoms with E-state index in [2.05, 4.69) is 28.9 Å². The van der Waals surface area contributed by atoms with E-state index >= 15 is 0 Å². The molecule has 1 aromatic rings. The Kier molecular flexibility index (Phi) is 4.07. The molecule has 0 bridgehead atoms. The zero-order chi connectivity index (χ0) is 13.2. The van der Waals surface area contributed by atoms with Gasteiger partial charge in [-0.25, -0.2) is 4.39 Å². The van der Waals surface area contributed by atoms with Gasteiger partial charge in [-0.15, -0.1) is 0 Å². The maximum atomic E-state index is 13.3. The predicted molar refractivity (Wildman–Crippen MR) is 73.5 cm³/mol. The Hall–Kier alpha value is -0.880. The molecule has 0 aromatic heterocycles. The number of hydrogen-bond donors (Lipinski definition) is 0. The molecule has 2 rings (SSSR count). The Morgan fingerprint density at radius 2 is 2.11 bits per heavy atom. The molecule has 0 spiro atoms. The second-order valence-corrected chi connectivity index (χ2v) is 6.34. The van der Waals surface area contributed by atoms with Gasteiger partial charge in [-0.3, -0.25) is 0 Å². The minimum Gasteiger partial charge on any atom is -0.207 e. The van der Waals surface area contributed by atoms with E-state index in [0.717, 1.165) is 35.7 Å². The first-order valence-corrected chi connectivity index (χ1v) is 7.19.